The molecule has 0 radical (unpaired) electrons. The molecule has 6 nitrogen and oxygen atoms in total. The first-order valence-corrected chi connectivity index (χ1v) is 5.89. The number of aromatic nitrogens is 1. The van der Waals surface area contributed by atoms with Gasteiger partial charge in [-0.2, -0.15) is 0 Å². The van der Waals surface area contributed by atoms with Crippen molar-refractivity contribution in [1.82, 2.24) is 9.88 Å². The maximum Gasteiger partial charge on any atom is 0.354 e. The van der Waals surface area contributed by atoms with E-state index in [1.54, 1.807) is 17.0 Å². The van der Waals surface area contributed by atoms with Crippen LogP contribution >= 0.6 is 0 Å². The number of nitrogens with zero attached hydrogens (tertiary/aromatic N) is 2. The van der Waals surface area contributed by atoms with Crippen LogP contribution in [0.4, 0.5) is 5.82 Å². The van der Waals surface area contributed by atoms with Crippen molar-refractivity contribution in [2.75, 3.05) is 25.0 Å². The van der Waals surface area contributed by atoms with Crippen LogP contribution in [0.3, 0.4) is 0 Å². The third-order valence-corrected chi connectivity index (χ3v) is 2.83. The topological polar surface area (TPSA) is 82.5 Å². The monoisotopic (exact) mass is 249 g/mol. The number of carboxylic acids is 1. The van der Waals surface area contributed by atoms with Gasteiger partial charge in [0, 0.05) is 26.1 Å². The molecule has 0 bridgehead atoms. The lowest BCUT2D eigenvalue weighted by Crippen LogP contribution is -2.30. The zero-order chi connectivity index (χ0) is 13.0. The molecule has 0 aromatic carbocycles. The Labute approximate surface area is 105 Å². The van der Waals surface area contributed by atoms with Crippen molar-refractivity contribution in [1.29, 1.82) is 0 Å². The van der Waals surface area contributed by atoms with Crippen molar-refractivity contribution in [2.24, 2.45) is 0 Å². The molecule has 96 valence electrons. The summed E-state index contributed by atoms with van der Waals surface area (Å²) in [5, 5.41) is 11.8. The van der Waals surface area contributed by atoms with Crippen LogP contribution in [0, 0.1) is 0 Å². The second kappa shape index (κ2) is 5.48. The molecule has 0 unspecified atom stereocenters. The van der Waals surface area contributed by atoms with Gasteiger partial charge in [-0.25, -0.2) is 9.78 Å². The molecule has 1 fully saturated rings. The lowest BCUT2D eigenvalue weighted by atomic mass is 10.3. The van der Waals surface area contributed by atoms with Crippen LogP contribution in [0.5, 0.6) is 0 Å². The van der Waals surface area contributed by atoms with E-state index in [1.807, 2.05) is 0 Å². The van der Waals surface area contributed by atoms with E-state index in [1.165, 1.54) is 6.07 Å². The van der Waals surface area contributed by atoms with Crippen LogP contribution < -0.4 is 5.32 Å². The molecule has 0 spiro atoms. The van der Waals surface area contributed by atoms with E-state index in [9.17, 15) is 9.59 Å². The Bertz CT molecular complexity index is 462. The molecular formula is C12H15N3O3. The summed E-state index contributed by atoms with van der Waals surface area (Å²) in [5.41, 5.74) is 0.0113. The van der Waals surface area contributed by atoms with Crippen LogP contribution in [0.15, 0.2) is 18.2 Å². The Hall–Kier alpha value is -2.11. The number of aromatic carboxylic acids is 1. The summed E-state index contributed by atoms with van der Waals surface area (Å²) in [6.07, 6.45) is 1.55. The third-order valence-electron chi connectivity index (χ3n) is 2.83. The van der Waals surface area contributed by atoms with E-state index in [0.717, 1.165) is 13.0 Å². The smallest absolute Gasteiger partial charge is 0.354 e. The molecule has 1 aliphatic rings. The molecule has 1 aromatic rings. The molecule has 6 heteroatoms. The number of pyridine rings is 1. The number of rotatable bonds is 5. The first-order chi connectivity index (χ1) is 8.66. The van der Waals surface area contributed by atoms with Crippen molar-refractivity contribution < 1.29 is 14.7 Å². The Morgan fingerprint density at radius 3 is 3.00 bits per heavy atom. The number of nitrogens with one attached hydrogen (secondary N) is 1. The van der Waals surface area contributed by atoms with Gasteiger partial charge in [-0.1, -0.05) is 6.07 Å². The molecule has 18 heavy (non-hydrogen) atoms. The van der Waals surface area contributed by atoms with Gasteiger partial charge in [0.2, 0.25) is 5.91 Å². The molecule has 0 atom stereocenters. The standard InChI is InChI=1S/C12H15N3O3/c16-11-5-2-7-15(11)8-6-13-10-4-1-3-9(14-10)12(17)18/h1,3-4H,2,5-8H2,(H,13,14)(H,17,18). The Morgan fingerprint density at radius 1 is 1.50 bits per heavy atom. The Balaban J connectivity index is 1.84. The van der Waals surface area contributed by atoms with Crippen molar-refractivity contribution >= 4 is 17.7 Å². The van der Waals surface area contributed by atoms with Gasteiger partial charge in [0.25, 0.3) is 0 Å². The zero-order valence-electron chi connectivity index (χ0n) is 9.93. The van der Waals surface area contributed by atoms with Crippen molar-refractivity contribution in [3.05, 3.63) is 23.9 Å². The molecule has 0 saturated carbocycles. The minimum atomic E-state index is -1.05. The number of likely N-dealkylation sites (tertiary alicyclic amines) is 1. The molecule has 1 aliphatic heterocycles. The maximum atomic E-state index is 11.4. The van der Waals surface area contributed by atoms with Crippen LogP contribution in [0.1, 0.15) is 23.3 Å². The van der Waals surface area contributed by atoms with E-state index in [0.29, 0.717) is 25.3 Å². The van der Waals surface area contributed by atoms with Gasteiger partial charge in [-0.3, -0.25) is 4.79 Å². The second-order valence-corrected chi connectivity index (χ2v) is 4.12. The van der Waals surface area contributed by atoms with Crippen molar-refractivity contribution in [2.45, 2.75) is 12.8 Å². The first kappa shape index (κ1) is 12.3. The summed E-state index contributed by atoms with van der Waals surface area (Å²) >= 11 is 0. The largest absolute Gasteiger partial charge is 0.477 e. The molecule has 1 aromatic heterocycles. The lowest BCUT2D eigenvalue weighted by molar-refractivity contribution is -0.127. The fraction of sp³-hybridized carbons (Fsp3) is 0.417. The maximum absolute atomic E-state index is 11.4. The van der Waals surface area contributed by atoms with Gasteiger partial charge in [0.15, 0.2) is 5.69 Å². The fourth-order valence-electron chi connectivity index (χ4n) is 1.91. The minimum Gasteiger partial charge on any atom is -0.477 e. The summed E-state index contributed by atoms with van der Waals surface area (Å²) < 4.78 is 0. The molecule has 2 heterocycles. The van der Waals surface area contributed by atoms with E-state index >= 15 is 0 Å². The van der Waals surface area contributed by atoms with Crippen molar-refractivity contribution in [3.8, 4) is 0 Å². The predicted molar refractivity (Wildman–Crippen MR) is 65.5 cm³/mol. The van der Waals surface area contributed by atoms with Gasteiger partial charge >= 0.3 is 5.97 Å². The summed E-state index contributed by atoms with van der Waals surface area (Å²) in [5.74, 6) is -0.348. The van der Waals surface area contributed by atoms with Crippen LogP contribution in [-0.2, 0) is 4.79 Å². The number of carbonyl (C=O) groups is 2. The summed E-state index contributed by atoms with van der Waals surface area (Å²) in [4.78, 5) is 27.8. The van der Waals surface area contributed by atoms with Gasteiger partial charge in [-0.05, 0) is 18.6 Å². The van der Waals surface area contributed by atoms with Gasteiger partial charge in [0.1, 0.15) is 5.82 Å². The van der Waals surface area contributed by atoms with Gasteiger partial charge in [-0.15, -0.1) is 0 Å². The molecule has 1 amide bonds. The first-order valence-electron chi connectivity index (χ1n) is 5.89. The van der Waals surface area contributed by atoms with Crippen LogP contribution in [-0.4, -0.2) is 46.5 Å². The predicted octanol–water partition coefficient (Wildman–Crippen LogP) is 0.814. The van der Waals surface area contributed by atoms with Gasteiger partial charge in [0.05, 0.1) is 0 Å². The lowest BCUT2D eigenvalue weighted by Gasteiger charge is -2.15. The highest BCUT2D eigenvalue weighted by atomic mass is 16.4. The highest BCUT2D eigenvalue weighted by molar-refractivity contribution is 5.85. The van der Waals surface area contributed by atoms with Crippen molar-refractivity contribution in [3.63, 3.8) is 0 Å². The Kier molecular flexibility index (Phi) is 3.76. The van der Waals surface area contributed by atoms with E-state index in [2.05, 4.69) is 10.3 Å². The number of carboxylic acid groups (broad SMARTS) is 1. The average molecular weight is 249 g/mol. The highest BCUT2D eigenvalue weighted by Crippen LogP contribution is 2.09. The van der Waals surface area contributed by atoms with E-state index in [4.69, 9.17) is 5.11 Å². The minimum absolute atomic E-state index is 0.0113. The zero-order valence-corrected chi connectivity index (χ0v) is 9.93. The molecule has 2 N–H and O–H groups in total. The molecule has 1 saturated heterocycles. The molecule has 2 rings (SSSR count). The van der Waals surface area contributed by atoms with Gasteiger partial charge < -0.3 is 15.3 Å². The average Bonchev–Trinajstić information content (AvgIpc) is 2.76. The van der Waals surface area contributed by atoms with Crippen LogP contribution in [0.25, 0.3) is 0 Å². The highest BCUT2D eigenvalue weighted by Gasteiger charge is 2.19. The number of hydrogen-bond acceptors (Lipinski definition) is 4. The normalized spacial score (nSPS) is 14.9. The SMILES string of the molecule is O=C(O)c1cccc(NCCN2CCCC2=O)n1. The molecular weight excluding hydrogens is 234 g/mol. The number of anilines is 1. The Morgan fingerprint density at radius 2 is 2.33 bits per heavy atom. The quantitative estimate of drug-likeness (QED) is 0.807. The van der Waals surface area contributed by atoms with E-state index < -0.39 is 5.97 Å². The van der Waals surface area contributed by atoms with E-state index in [-0.39, 0.29) is 11.6 Å². The van der Waals surface area contributed by atoms with Crippen LogP contribution in [0.2, 0.25) is 0 Å². The number of hydrogen-bond donors (Lipinski definition) is 2. The number of carbonyl (C=O) groups excluding carboxylic acids is 1. The second-order valence-electron chi connectivity index (χ2n) is 4.12. The fourth-order valence-corrected chi connectivity index (χ4v) is 1.91. The summed E-state index contributed by atoms with van der Waals surface area (Å²) in [7, 11) is 0. The number of amides is 1. The summed E-state index contributed by atoms with van der Waals surface area (Å²) in [6, 6.07) is 4.79. The third kappa shape index (κ3) is 2.97. The summed E-state index contributed by atoms with van der Waals surface area (Å²) in [6.45, 7) is 2.00. The molecule has 0 aliphatic carbocycles.